The Kier molecular flexibility index (Phi) is 4.41. The van der Waals surface area contributed by atoms with Crippen molar-refractivity contribution in [2.45, 2.75) is 26.3 Å². The van der Waals surface area contributed by atoms with Crippen molar-refractivity contribution in [1.82, 2.24) is 10.2 Å². The third-order valence-electron chi connectivity index (χ3n) is 5.27. The number of imide groups is 1. The van der Waals surface area contributed by atoms with Crippen molar-refractivity contribution in [3.05, 3.63) is 53.1 Å². The number of hydrogen-bond donors (Lipinski definition) is 2. The second-order valence-corrected chi connectivity index (χ2v) is 7.33. The van der Waals surface area contributed by atoms with E-state index in [9.17, 15) is 14.4 Å². The summed E-state index contributed by atoms with van der Waals surface area (Å²) in [6.45, 7) is 5.10. The summed E-state index contributed by atoms with van der Waals surface area (Å²) in [7, 11) is 0. The Labute approximate surface area is 167 Å². The van der Waals surface area contributed by atoms with Gasteiger partial charge in [-0.05, 0) is 49.6 Å². The van der Waals surface area contributed by atoms with Crippen LogP contribution in [0.3, 0.4) is 0 Å². The molecule has 0 spiro atoms. The topological polar surface area (TPSA) is 97.0 Å². The molecule has 2 N–H and O–H groups in total. The molecule has 150 valence electrons. The number of ether oxygens (including phenoxy) is 2. The second-order valence-electron chi connectivity index (χ2n) is 7.33. The van der Waals surface area contributed by atoms with E-state index >= 15 is 0 Å². The quantitative estimate of drug-likeness (QED) is 0.775. The molecule has 2 aliphatic heterocycles. The number of fused-ring (bicyclic) bond motifs is 1. The van der Waals surface area contributed by atoms with Gasteiger partial charge in [0.05, 0.1) is 0 Å². The van der Waals surface area contributed by atoms with E-state index in [0.717, 1.165) is 16.0 Å². The molecule has 0 aliphatic carbocycles. The Morgan fingerprint density at radius 3 is 2.55 bits per heavy atom. The smallest absolute Gasteiger partial charge is 0.325 e. The number of para-hydroxylation sites is 1. The lowest BCUT2D eigenvalue weighted by Gasteiger charge is -2.22. The molecule has 1 atom stereocenters. The second kappa shape index (κ2) is 6.80. The first kappa shape index (κ1) is 18.8. The van der Waals surface area contributed by atoms with E-state index in [1.54, 1.807) is 25.1 Å². The molecule has 2 aromatic carbocycles. The molecule has 4 amide bonds. The van der Waals surface area contributed by atoms with Crippen LogP contribution in [0, 0.1) is 13.8 Å². The molecule has 29 heavy (non-hydrogen) atoms. The summed E-state index contributed by atoms with van der Waals surface area (Å²) >= 11 is 0. The van der Waals surface area contributed by atoms with Crippen molar-refractivity contribution in [3.63, 3.8) is 0 Å². The summed E-state index contributed by atoms with van der Waals surface area (Å²) in [5.41, 5.74) is 1.75. The first-order valence-electron chi connectivity index (χ1n) is 9.20. The van der Waals surface area contributed by atoms with Gasteiger partial charge in [0, 0.05) is 5.69 Å². The van der Waals surface area contributed by atoms with Crippen molar-refractivity contribution >= 4 is 23.5 Å². The largest absolute Gasteiger partial charge is 0.454 e. The zero-order valence-corrected chi connectivity index (χ0v) is 16.4. The molecule has 0 saturated carbocycles. The maximum Gasteiger partial charge on any atom is 0.325 e. The van der Waals surface area contributed by atoms with Crippen LogP contribution in [0.1, 0.15) is 23.6 Å². The predicted molar refractivity (Wildman–Crippen MR) is 105 cm³/mol. The van der Waals surface area contributed by atoms with Gasteiger partial charge in [-0.2, -0.15) is 0 Å². The van der Waals surface area contributed by atoms with Crippen molar-refractivity contribution < 1.29 is 23.9 Å². The van der Waals surface area contributed by atoms with Gasteiger partial charge in [0.25, 0.3) is 5.91 Å². The minimum Gasteiger partial charge on any atom is -0.454 e. The lowest BCUT2D eigenvalue weighted by atomic mass is 9.91. The van der Waals surface area contributed by atoms with E-state index in [4.69, 9.17) is 9.47 Å². The number of nitrogens with one attached hydrogen (secondary N) is 2. The fourth-order valence-electron chi connectivity index (χ4n) is 3.58. The van der Waals surface area contributed by atoms with E-state index in [1.807, 2.05) is 32.0 Å². The van der Waals surface area contributed by atoms with Crippen molar-refractivity contribution in [2.24, 2.45) is 0 Å². The van der Waals surface area contributed by atoms with Crippen LogP contribution in [0.25, 0.3) is 0 Å². The van der Waals surface area contributed by atoms with Crippen LogP contribution in [0.4, 0.5) is 10.5 Å². The number of benzene rings is 2. The highest BCUT2D eigenvalue weighted by molar-refractivity contribution is 6.10. The number of carbonyl (C=O) groups excluding carboxylic acids is 3. The third-order valence-corrected chi connectivity index (χ3v) is 5.27. The van der Waals surface area contributed by atoms with Gasteiger partial charge < -0.3 is 20.1 Å². The van der Waals surface area contributed by atoms with E-state index < -0.39 is 23.4 Å². The molecule has 1 saturated heterocycles. The normalized spacial score (nSPS) is 20.0. The Bertz CT molecular complexity index is 1010. The molecule has 0 unspecified atom stereocenters. The number of aryl methyl sites for hydroxylation is 2. The standard InChI is InChI=1S/C21H21N3O5/c1-12-5-4-6-13(2)18(12)22-17(25)10-24-19(26)21(3,23-20(24)27)14-7-8-15-16(9-14)29-11-28-15/h4-9H,10-11H2,1-3H3,(H,22,25)(H,23,27)/t21-/m0/s1. The molecular formula is C21H21N3O5. The number of urea groups is 1. The highest BCUT2D eigenvalue weighted by Gasteiger charge is 2.49. The minimum absolute atomic E-state index is 0.112. The van der Waals surface area contributed by atoms with E-state index in [2.05, 4.69) is 10.6 Å². The number of hydrogen-bond acceptors (Lipinski definition) is 5. The molecular weight excluding hydrogens is 374 g/mol. The average Bonchev–Trinajstić information content (AvgIpc) is 3.23. The van der Waals surface area contributed by atoms with Gasteiger partial charge in [0.2, 0.25) is 12.7 Å². The van der Waals surface area contributed by atoms with Crippen LogP contribution in [0.5, 0.6) is 11.5 Å². The van der Waals surface area contributed by atoms with E-state index in [0.29, 0.717) is 22.7 Å². The molecule has 4 rings (SSSR count). The number of anilines is 1. The van der Waals surface area contributed by atoms with Gasteiger partial charge >= 0.3 is 6.03 Å². The van der Waals surface area contributed by atoms with Crippen LogP contribution in [0.15, 0.2) is 36.4 Å². The lowest BCUT2D eigenvalue weighted by molar-refractivity contribution is -0.133. The molecule has 2 aromatic rings. The third kappa shape index (κ3) is 3.16. The molecule has 0 bridgehead atoms. The van der Waals surface area contributed by atoms with Crippen molar-refractivity contribution in [3.8, 4) is 11.5 Å². The molecule has 8 nitrogen and oxygen atoms in total. The number of amides is 4. The Balaban J connectivity index is 1.53. The fourth-order valence-corrected chi connectivity index (χ4v) is 3.58. The molecule has 8 heteroatoms. The summed E-state index contributed by atoms with van der Waals surface area (Å²) in [5, 5.41) is 5.49. The maximum atomic E-state index is 13.1. The zero-order valence-electron chi connectivity index (χ0n) is 16.4. The number of carbonyl (C=O) groups is 3. The van der Waals surface area contributed by atoms with Gasteiger partial charge in [0.1, 0.15) is 12.1 Å². The van der Waals surface area contributed by atoms with E-state index in [1.165, 1.54) is 0 Å². The Morgan fingerprint density at radius 1 is 1.14 bits per heavy atom. The minimum atomic E-state index is -1.29. The van der Waals surface area contributed by atoms with Gasteiger partial charge in [-0.25, -0.2) is 4.79 Å². The van der Waals surface area contributed by atoms with Crippen molar-refractivity contribution in [2.75, 3.05) is 18.7 Å². The van der Waals surface area contributed by atoms with Crippen LogP contribution in [0.2, 0.25) is 0 Å². The van der Waals surface area contributed by atoms with Crippen LogP contribution >= 0.6 is 0 Å². The Hall–Kier alpha value is -3.55. The lowest BCUT2D eigenvalue weighted by Crippen LogP contribution is -2.42. The van der Waals surface area contributed by atoms with Gasteiger partial charge in [-0.15, -0.1) is 0 Å². The highest BCUT2D eigenvalue weighted by atomic mass is 16.7. The molecule has 1 fully saturated rings. The maximum absolute atomic E-state index is 13.1. The van der Waals surface area contributed by atoms with Crippen molar-refractivity contribution in [1.29, 1.82) is 0 Å². The van der Waals surface area contributed by atoms with Crippen LogP contribution < -0.4 is 20.1 Å². The van der Waals surface area contributed by atoms with Gasteiger partial charge in [-0.1, -0.05) is 24.3 Å². The SMILES string of the molecule is Cc1cccc(C)c1NC(=O)CN1C(=O)N[C@@](C)(c2ccc3c(c2)OCO3)C1=O. The monoisotopic (exact) mass is 395 g/mol. The summed E-state index contributed by atoms with van der Waals surface area (Å²) in [5.74, 6) is 0.148. The molecule has 2 heterocycles. The average molecular weight is 395 g/mol. The molecule has 0 radical (unpaired) electrons. The van der Waals surface area contributed by atoms with Gasteiger partial charge in [-0.3, -0.25) is 14.5 Å². The highest BCUT2D eigenvalue weighted by Crippen LogP contribution is 2.37. The van der Waals surface area contributed by atoms with Crippen LogP contribution in [-0.2, 0) is 15.1 Å². The first-order chi connectivity index (χ1) is 13.8. The number of nitrogens with zero attached hydrogens (tertiary/aromatic N) is 1. The fraction of sp³-hybridized carbons (Fsp3) is 0.286. The molecule has 0 aromatic heterocycles. The van der Waals surface area contributed by atoms with E-state index in [-0.39, 0.29) is 13.3 Å². The first-order valence-corrected chi connectivity index (χ1v) is 9.20. The summed E-state index contributed by atoms with van der Waals surface area (Å²) < 4.78 is 10.7. The molecule has 2 aliphatic rings. The summed E-state index contributed by atoms with van der Waals surface area (Å²) in [6, 6.07) is 10.1. The van der Waals surface area contributed by atoms with Gasteiger partial charge in [0.15, 0.2) is 11.5 Å². The zero-order chi connectivity index (χ0) is 20.8. The summed E-state index contributed by atoms with van der Waals surface area (Å²) in [6.07, 6.45) is 0. The Morgan fingerprint density at radius 2 is 1.83 bits per heavy atom. The predicted octanol–water partition coefficient (Wildman–Crippen LogP) is 2.44. The summed E-state index contributed by atoms with van der Waals surface area (Å²) in [4.78, 5) is 39.0. The number of rotatable bonds is 4. The van der Waals surface area contributed by atoms with Crippen LogP contribution in [-0.4, -0.2) is 36.1 Å².